The molecule has 0 aliphatic heterocycles. The number of thioether (sulfide) groups is 1. The van der Waals surface area contributed by atoms with Crippen molar-refractivity contribution in [2.75, 3.05) is 11.1 Å². The summed E-state index contributed by atoms with van der Waals surface area (Å²) in [5, 5.41) is 25.0. The van der Waals surface area contributed by atoms with E-state index < -0.39 is 0 Å². The average molecular weight is 560 g/mol. The largest absolute Gasteiger partial charge is 0.485 e. The van der Waals surface area contributed by atoms with Crippen LogP contribution in [0.4, 0.5) is 5.00 Å². The number of carbonyl (C=O) groups excluding carboxylic acids is 1. The van der Waals surface area contributed by atoms with Gasteiger partial charge >= 0.3 is 0 Å². The number of aromatic nitrogens is 3. The summed E-state index contributed by atoms with van der Waals surface area (Å²) in [6, 6.07) is 14.6. The lowest BCUT2D eigenvalue weighted by molar-refractivity contribution is -0.113. The Morgan fingerprint density at radius 1 is 1.26 bits per heavy atom. The highest BCUT2D eigenvalue weighted by molar-refractivity contribution is 7.99. The summed E-state index contributed by atoms with van der Waals surface area (Å²) in [6.45, 7) is 9.15. The van der Waals surface area contributed by atoms with Crippen LogP contribution < -0.4 is 10.1 Å². The van der Waals surface area contributed by atoms with Gasteiger partial charge in [0.25, 0.3) is 0 Å². The van der Waals surface area contributed by atoms with Gasteiger partial charge in [-0.3, -0.25) is 4.79 Å². The predicted molar refractivity (Wildman–Crippen MR) is 157 cm³/mol. The Labute approximate surface area is 237 Å². The van der Waals surface area contributed by atoms with Crippen molar-refractivity contribution < 1.29 is 9.53 Å². The molecule has 0 fully saturated rings. The minimum atomic E-state index is -0.157. The van der Waals surface area contributed by atoms with Crippen molar-refractivity contribution in [1.82, 2.24) is 14.8 Å². The van der Waals surface area contributed by atoms with Gasteiger partial charge in [-0.2, -0.15) is 5.26 Å². The van der Waals surface area contributed by atoms with Crippen LogP contribution in [0.15, 0.2) is 41.6 Å². The van der Waals surface area contributed by atoms with E-state index in [4.69, 9.17) is 4.74 Å². The van der Waals surface area contributed by atoms with Gasteiger partial charge in [0.1, 0.15) is 23.4 Å². The van der Waals surface area contributed by atoms with Gasteiger partial charge in [0.15, 0.2) is 11.0 Å². The molecule has 0 saturated carbocycles. The van der Waals surface area contributed by atoms with E-state index in [1.165, 1.54) is 22.0 Å². The first-order valence-electron chi connectivity index (χ1n) is 13.1. The third-order valence-corrected chi connectivity index (χ3v) is 9.81. The fourth-order valence-corrected chi connectivity index (χ4v) is 7.15. The Bertz CT molecular complexity index is 1570. The molecule has 0 spiro atoms. The van der Waals surface area contributed by atoms with E-state index in [9.17, 15) is 10.1 Å². The van der Waals surface area contributed by atoms with Crippen LogP contribution in [0.1, 0.15) is 54.6 Å². The molecule has 0 unspecified atom stereocenters. The molecule has 0 radical (unpaired) electrons. The van der Waals surface area contributed by atoms with Gasteiger partial charge in [0, 0.05) is 11.9 Å². The lowest BCUT2D eigenvalue weighted by Crippen LogP contribution is -2.26. The zero-order valence-corrected chi connectivity index (χ0v) is 24.6. The number of aryl methyl sites for hydroxylation is 1. The van der Waals surface area contributed by atoms with E-state index in [2.05, 4.69) is 67.5 Å². The van der Waals surface area contributed by atoms with Crippen molar-refractivity contribution in [3.8, 4) is 11.8 Å². The maximum Gasteiger partial charge on any atom is 0.235 e. The second-order valence-corrected chi connectivity index (χ2v) is 13.2. The summed E-state index contributed by atoms with van der Waals surface area (Å²) in [6.07, 6.45) is 2.93. The Hall–Kier alpha value is -3.35. The van der Waals surface area contributed by atoms with Crippen LogP contribution in [0.5, 0.6) is 5.75 Å². The number of hydrogen-bond donors (Lipinski definition) is 1. The van der Waals surface area contributed by atoms with Crippen molar-refractivity contribution >= 4 is 44.8 Å². The fraction of sp³-hybridized carbons (Fsp3) is 0.400. The summed E-state index contributed by atoms with van der Waals surface area (Å²) in [4.78, 5) is 14.1. The van der Waals surface area contributed by atoms with Crippen LogP contribution in [-0.2, 0) is 31.3 Å². The van der Waals surface area contributed by atoms with Crippen molar-refractivity contribution in [3.63, 3.8) is 0 Å². The molecule has 202 valence electrons. The smallest absolute Gasteiger partial charge is 0.235 e. The molecule has 7 nitrogen and oxygen atoms in total. The van der Waals surface area contributed by atoms with Gasteiger partial charge in [-0.1, -0.05) is 62.9 Å². The monoisotopic (exact) mass is 559 g/mol. The van der Waals surface area contributed by atoms with Crippen LogP contribution in [0.3, 0.4) is 0 Å². The molecule has 39 heavy (non-hydrogen) atoms. The van der Waals surface area contributed by atoms with Crippen molar-refractivity contribution in [2.24, 2.45) is 18.4 Å². The molecule has 2 aromatic carbocycles. The molecule has 1 N–H and O–H groups in total. The summed E-state index contributed by atoms with van der Waals surface area (Å²) in [5.74, 6) is 2.08. The highest BCUT2D eigenvalue weighted by atomic mass is 32.2. The first-order valence-corrected chi connectivity index (χ1v) is 14.9. The predicted octanol–water partition coefficient (Wildman–Crippen LogP) is 6.67. The SMILES string of the molecule is Cc1c(OCc2nnc(SCC(=O)Nc3sc4c(c3C#N)CC[C@H](C(C)(C)C)C4)n2C)ccc2ccccc12. The average Bonchev–Trinajstić information content (AvgIpc) is 3.44. The van der Waals surface area contributed by atoms with Gasteiger partial charge in [-0.15, -0.1) is 21.5 Å². The summed E-state index contributed by atoms with van der Waals surface area (Å²) in [7, 11) is 1.87. The molecule has 1 atom stereocenters. The number of nitrogens with zero attached hydrogens (tertiary/aromatic N) is 4. The number of anilines is 1. The minimum Gasteiger partial charge on any atom is -0.485 e. The van der Waals surface area contributed by atoms with Crippen LogP contribution in [0.25, 0.3) is 10.8 Å². The van der Waals surface area contributed by atoms with Gasteiger partial charge in [0.2, 0.25) is 5.91 Å². The topological polar surface area (TPSA) is 92.8 Å². The quantitative estimate of drug-likeness (QED) is 0.254. The Kier molecular flexibility index (Phi) is 7.70. The molecule has 1 aliphatic carbocycles. The number of fused-ring (bicyclic) bond motifs is 2. The maximum atomic E-state index is 12.8. The number of carbonyl (C=O) groups is 1. The van der Waals surface area contributed by atoms with E-state index >= 15 is 0 Å². The van der Waals surface area contributed by atoms with Crippen LogP contribution >= 0.6 is 23.1 Å². The molecule has 1 amide bonds. The van der Waals surface area contributed by atoms with E-state index in [0.29, 0.717) is 27.5 Å². The van der Waals surface area contributed by atoms with Crippen molar-refractivity contribution in [2.45, 2.75) is 58.7 Å². The number of rotatable bonds is 7. The number of hydrogen-bond acceptors (Lipinski definition) is 7. The number of thiophene rings is 1. The number of nitrogens with one attached hydrogen (secondary N) is 1. The Morgan fingerprint density at radius 3 is 2.82 bits per heavy atom. The van der Waals surface area contributed by atoms with Crippen molar-refractivity contribution in [3.05, 3.63) is 63.8 Å². The minimum absolute atomic E-state index is 0.157. The van der Waals surface area contributed by atoms with E-state index in [-0.39, 0.29) is 23.7 Å². The highest BCUT2D eigenvalue weighted by Gasteiger charge is 2.32. The number of ether oxygens (including phenoxy) is 1. The van der Waals surface area contributed by atoms with Gasteiger partial charge in [-0.05, 0) is 65.5 Å². The molecule has 0 saturated heterocycles. The summed E-state index contributed by atoms with van der Waals surface area (Å²) < 4.78 is 7.94. The number of nitriles is 1. The normalized spacial score (nSPS) is 15.1. The maximum absolute atomic E-state index is 12.8. The van der Waals surface area contributed by atoms with E-state index in [1.54, 1.807) is 11.3 Å². The van der Waals surface area contributed by atoms with Crippen LogP contribution in [-0.4, -0.2) is 26.4 Å². The molecule has 2 aromatic heterocycles. The Morgan fingerprint density at radius 2 is 2.05 bits per heavy atom. The number of amides is 1. The lowest BCUT2D eigenvalue weighted by atomic mass is 9.72. The molecule has 1 aliphatic rings. The second kappa shape index (κ2) is 11.0. The standard InChI is InChI=1S/C30H33N5O2S2/c1-18-21-9-7-6-8-19(21)10-13-24(18)37-16-26-33-34-29(35(26)5)38-17-27(36)32-28-23(15-31)22-12-11-20(30(2,3)4)14-25(22)39-28/h6-10,13,20H,11-12,14,16-17H2,1-5H3,(H,32,36)/t20-/m0/s1. The third-order valence-electron chi connectivity index (χ3n) is 7.62. The van der Waals surface area contributed by atoms with Crippen LogP contribution in [0, 0.1) is 29.6 Å². The van der Waals surface area contributed by atoms with Gasteiger partial charge in [0.05, 0.1) is 11.3 Å². The third kappa shape index (κ3) is 5.68. The second-order valence-electron chi connectivity index (χ2n) is 11.1. The molecule has 0 bridgehead atoms. The fourth-order valence-electron chi connectivity index (χ4n) is 5.13. The molecular formula is C30H33N5O2S2. The first-order chi connectivity index (χ1) is 18.7. The summed E-state index contributed by atoms with van der Waals surface area (Å²) >= 11 is 2.87. The first kappa shape index (κ1) is 27.2. The summed E-state index contributed by atoms with van der Waals surface area (Å²) in [5.41, 5.74) is 3.05. The zero-order chi connectivity index (χ0) is 27.7. The molecule has 2 heterocycles. The molecular weight excluding hydrogens is 526 g/mol. The van der Waals surface area contributed by atoms with Crippen LogP contribution in [0.2, 0.25) is 0 Å². The highest BCUT2D eigenvalue weighted by Crippen LogP contribution is 2.44. The zero-order valence-electron chi connectivity index (χ0n) is 23.0. The molecule has 4 aromatic rings. The lowest BCUT2D eigenvalue weighted by Gasteiger charge is -2.33. The van der Waals surface area contributed by atoms with Gasteiger partial charge < -0.3 is 14.6 Å². The van der Waals surface area contributed by atoms with E-state index in [1.807, 2.05) is 29.8 Å². The van der Waals surface area contributed by atoms with E-state index in [0.717, 1.165) is 41.5 Å². The Balaban J connectivity index is 1.20. The molecule has 9 heteroatoms. The molecule has 5 rings (SSSR count). The van der Waals surface area contributed by atoms with Crippen molar-refractivity contribution in [1.29, 1.82) is 5.26 Å². The van der Waals surface area contributed by atoms with Gasteiger partial charge in [-0.25, -0.2) is 0 Å². The number of benzene rings is 2.